The van der Waals surface area contributed by atoms with Gasteiger partial charge in [-0.05, 0) is 81.3 Å². The monoisotopic (exact) mass is 654 g/mol. The van der Waals surface area contributed by atoms with Crippen molar-refractivity contribution < 1.29 is 14.4 Å². The summed E-state index contributed by atoms with van der Waals surface area (Å²) in [6, 6.07) is 16.8. The van der Waals surface area contributed by atoms with E-state index in [1.165, 1.54) is 32.4 Å². The zero-order chi connectivity index (χ0) is 32.2. The smallest absolute Gasteiger partial charge is 0.322 e. The average molecular weight is 655 g/mol. The van der Waals surface area contributed by atoms with E-state index in [9.17, 15) is 14.4 Å². The molecule has 0 aliphatic carbocycles. The molecule has 0 radical (unpaired) electrons. The first-order valence-corrected chi connectivity index (χ1v) is 18.3. The van der Waals surface area contributed by atoms with Crippen LogP contribution in [-0.4, -0.2) is 93.8 Å². The standard InChI is InChI=1S/C37H46N6O3S/c44-34(41-18-13-32(14-19-41)43-26-29-8-2-3-10-33(29)39-37(43)46)25-30(24-27-7-6-9-28(23-27)35-38-15-22-47-35)36(45)42-20-11-31(12-21-42)40-16-4-1-5-17-40/h2-3,6-10,15,22-23,30-32H,1,4-5,11-14,16-21,24-26H2,(H,39,46). The van der Waals surface area contributed by atoms with Crippen LogP contribution in [0.4, 0.5) is 10.5 Å². The fraction of sp³-hybridized carbons (Fsp3) is 0.514. The number of hydrogen-bond acceptors (Lipinski definition) is 6. The zero-order valence-corrected chi connectivity index (χ0v) is 28.0. The Morgan fingerprint density at radius 2 is 1.62 bits per heavy atom. The molecule has 0 spiro atoms. The molecule has 0 bridgehead atoms. The number of rotatable bonds is 8. The van der Waals surface area contributed by atoms with Gasteiger partial charge in [0.05, 0.1) is 5.92 Å². The number of benzene rings is 2. The van der Waals surface area contributed by atoms with Gasteiger partial charge in [0.25, 0.3) is 0 Å². The minimum Gasteiger partial charge on any atom is -0.343 e. The Balaban J connectivity index is 1.01. The molecule has 1 atom stereocenters. The molecule has 47 heavy (non-hydrogen) atoms. The van der Waals surface area contributed by atoms with E-state index in [4.69, 9.17) is 0 Å². The molecule has 4 aliphatic heterocycles. The summed E-state index contributed by atoms with van der Waals surface area (Å²) in [4.78, 5) is 53.9. The largest absolute Gasteiger partial charge is 0.343 e. The van der Waals surface area contributed by atoms with Crippen LogP contribution in [0.15, 0.2) is 60.1 Å². The number of para-hydroxylation sites is 1. The second kappa shape index (κ2) is 14.6. The Labute approximate surface area is 281 Å². The molecule has 0 saturated carbocycles. The molecule has 3 aromatic rings. The Morgan fingerprint density at radius 3 is 2.38 bits per heavy atom. The number of urea groups is 1. The van der Waals surface area contributed by atoms with Crippen LogP contribution in [0.2, 0.25) is 0 Å². The first-order chi connectivity index (χ1) is 23.0. The lowest BCUT2D eigenvalue weighted by atomic mass is 9.91. The van der Waals surface area contributed by atoms with Crippen LogP contribution in [0.5, 0.6) is 0 Å². The van der Waals surface area contributed by atoms with Crippen molar-refractivity contribution in [2.45, 2.75) is 76.4 Å². The number of nitrogens with zero attached hydrogens (tertiary/aromatic N) is 5. The van der Waals surface area contributed by atoms with E-state index in [-0.39, 0.29) is 30.3 Å². The Hall–Kier alpha value is -3.76. The predicted octanol–water partition coefficient (Wildman–Crippen LogP) is 5.87. The van der Waals surface area contributed by atoms with Gasteiger partial charge in [0, 0.05) is 74.1 Å². The summed E-state index contributed by atoms with van der Waals surface area (Å²) in [6.45, 7) is 5.65. The van der Waals surface area contributed by atoms with Crippen LogP contribution in [0.1, 0.15) is 62.5 Å². The molecule has 1 N–H and O–H groups in total. The molecule has 4 aliphatic rings. The van der Waals surface area contributed by atoms with Crippen LogP contribution in [-0.2, 0) is 22.6 Å². The fourth-order valence-corrected chi connectivity index (χ4v) is 8.64. The number of hydrogen-bond donors (Lipinski definition) is 1. The van der Waals surface area contributed by atoms with E-state index < -0.39 is 5.92 Å². The maximum absolute atomic E-state index is 14.2. The number of nitrogens with one attached hydrogen (secondary N) is 1. The number of aromatic nitrogens is 1. The summed E-state index contributed by atoms with van der Waals surface area (Å²) in [5.41, 5.74) is 4.10. The van der Waals surface area contributed by atoms with Crippen LogP contribution >= 0.6 is 11.3 Å². The van der Waals surface area contributed by atoms with Crippen molar-refractivity contribution in [2.75, 3.05) is 44.6 Å². The Kier molecular flexibility index (Phi) is 9.86. The lowest BCUT2D eigenvalue weighted by Gasteiger charge is -2.41. The molecule has 2 aromatic carbocycles. The van der Waals surface area contributed by atoms with Gasteiger partial charge in [0.1, 0.15) is 5.01 Å². The third-order valence-corrected chi connectivity index (χ3v) is 11.5. The predicted molar refractivity (Wildman–Crippen MR) is 185 cm³/mol. The van der Waals surface area contributed by atoms with Gasteiger partial charge in [-0.1, -0.05) is 42.8 Å². The maximum atomic E-state index is 14.2. The quantitative estimate of drug-likeness (QED) is 0.328. The highest BCUT2D eigenvalue weighted by Crippen LogP contribution is 2.30. The Bertz CT molecular complexity index is 1540. The third kappa shape index (κ3) is 7.38. The first-order valence-electron chi connectivity index (χ1n) is 17.5. The molecule has 1 aromatic heterocycles. The van der Waals surface area contributed by atoms with Crippen molar-refractivity contribution in [3.63, 3.8) is 0 Å². The first kappa shape index (κ1) is 31.8. The molecular weight excluding hydrogens is 609 g/mol. The van der Waals surface area contributed by atoms with E-state index >= 15 is 0 Å². The number of likely N-dealkylation sites (tertiary alicyclic amines) is 3. The molecule has 3 fully saturated rings. The molecule has 5 heterocycles. The van der Waals surface area contributed by atoms with Crippen LogP contribution in [0, 0.1) is 5.92 Å². The van der Waals surface area contributed by atoms with E-state index in [1.807, 2.05) is 50.5 Å². The molecule has 7 rings (SSSR count). The molecular formula is C37H46N6O3S. The summed E-state index contributed by atoms with van der Waals surface area (Å²) < 4.78 is 0. The minimum atomic E-state index is -0.414. The van der Waals surface area contributed by atoms with Gasteiger partial charge in [-0.15, -0.1) is 11.3 Å². The van der Waals surface area contributed by atoms with E-state index in [0.29, 0.717) is 32.1 Å². The number of thiazole rings is 1. The molecule has 1 unspecified atom stereocenters. The number of piperidine rings is 3. The summed E-state index contributed by atoms with van der Waals surface area (Å²) in [7, 11) is 0. The van der Waals surface area contributed by atoms with Crippen molar-refractivity contribution >= 4 is 34.9 Å². The summed E-state index contributed by atoms with van der Waals surface area (Å²) in [5, 5.41) is 5.96. The molecule has 248 valence electrons. The minimum absolute atomic E-state index is 0.0366. The van der Waals surface area contributed by atoms with Crippen LogP contribution in [0.3, 0.4) is 0 Å². The van der Waals surface area contributed by atoms with Gasteiger partial charge < -0.3 is 24.9 Å². The van der Waals surface area contributed by atoms with Gasteiger partial charge in [-0.3, -0.25) is 9.59 Å². The zero-order valence-electron chi connectivity index (χ0n) is 27.2. The average Bonchev–Trinajstić information content (AvgIpc) is 3.67. The number of carbonyl (C=O) groups is 3. The summed E-state index contributed by atoms with van der Waals surface area (Å²) >= 11 is 1.60. The van der Waals surface area contributed by atoms with Gasteiger partial charge >= 0.3 is 6.03 Å². The molecule has 3 saturated heterocycles. The van der Waals surface area contributed by atoms with E-state index in [0.717, 1.165) is 66.2 Å². The Morgan fingerprint density at radius 1 is 0.872 bits per heavy atom. The summed E-state index contributed by atoms with van der Waals surface area (Å²) in [5.74, 6) is -0.272. The lowest BCUT2D eigenvalue weighted by molar-refractivity contribution is -0.143. The van der Waals surface area contributed by atoms with Crippen molar-refractivity contribution in [1.82, 2.24) is 24.6 Å². The van der Waals surface area contributed by atoms with Crippen molar-refractivity contribution in [3.8, 4) is 10.6 Å². The summed E-state index contributed by atoms with van der Waals surface area (Å²) in [6.07, 6.45) is 9.91. The highest BCUT2D eigenvalue weighted by Gasteiger charge is 2.36. The molecule has 9 nitrogen and oxygen atoms in total. The van der Waals surface area contributed by atoms with Crippen LogP contribution in [0.25, 0.3) is 10.6 Å². The number of fused-ring (bicyclic) bond motifs is 1. The van der Waals surface area contributed by atoms with Crippen molar-refractivity contribution in [1.29, 1.82) is 0 Å². The van der Waals surface area contributed by atoms with E-state index in [1.54, 1.807) is 11.3 Å². The second-order valence-corrected chi connectivity index (χ2v) is 14.5. The number of amides is 4. The highest BCUT2D eigenvalue weighted by molar-refractivity contribution is 7.13. The second-order valence-electron chi connectivity index (χ2n) is 13.6. The van der Waals surface area contributed by atoms with Crippen LogP contribution < -0.4 is 5.32 Å². The molecule has 10 heteroatoms. The lowest BCUT2D eigenvalue weighted by Crippen LogP contribution is -2.52. The SMILES string of the molecule is O=C(CC(Cc1cccc(-c2nccs2)c1)C(=O)N1CCC(N2CCCCC2)CC1)N1CCC(N2Cc3ccccc3NC2=O)CC1. The number of carbonyl (C=O) groups excluding carboxylic acids is 3. The van der Waals surface area contributed by atoms with Crippen molar-refractivity contribution in [2.24, 2.45) is 5.92 Å². The molecule has 4 amide bonds. The maximum Gasteiger partial charge on any atom is 0.322 e. The van der Waals surface area contributed by atoms with Gasteiger partial charge in [0.2, 0.25) is 11.8 Å². The van der Waals surface area contributed by atoms with Crippen molar-refractivity contribution in [3.05, 3.63) is 71.2 Å². The van der Waals surface area contributed by atoms with E-state index in [2.05, 4.69) is 39.5 Å². The van der Waals surface area contributed by atoms with Gasteiger partial charge in [-0.2, -0.15) is 0 Å². The highest BCUT2D eigenvalue weighted by atomic mass is 32.1. The third-order valence-electron chi connectivity index (χ3n) is 10.7. The van der Waals surface area contributed by atoms with Gasteiger partial charge in [0.15, 0.2) is 0 Å². The number of anilines is 1. The topological polar surface area (TPSA) is 89.1 Å². The van der Waals surface area contributed by atoms with Gasteiger partial charge in [-0.25, -0.2) is 9.78 Å². The normalized spacial score (nSPS) is 20.5. The fourth-order valence-electron chi connectivity index (χ4n) is 8.01.